The molecule has 1 rings (SSSR count). The third kappa shape index (κ3) is 2.55. The van der Waals surface area contributed by atoms with Crippen molar-refractivity contribution in [3.63, 3.8) is 0 Å². The third-order valence-electron chi connectivity index (χ3n) is 1.91. The van der Waals surface area contributed by atoms with Crippen LogP contribution in [0.1, 0.15) is 19.3 Å². The van der Waals surface area contributed by atoms with E-state index in [0.717, 1.165) is 18.3 Å². The SMILES string of the molecule is ClCC1CCCNCC1. The summed E-state index contributed by atoms with van der Waals surface area (Å²) in [5, 5.41) is 3.35. The number of nitrogens with one attached hydrogen (secondary N) is 1. The standard InChI is InChI=1S/C7H14ClN/c8-6-7-2-1-4-9-5-3-7/h7,9H,1-6H2. The summed E-state index contributed by atoms with van der Waals surface area (Å²) in [6, 6.07) is 0. The molecule has 2 heteroatoms. The van der Waals surface area contributed by atoms with Crippen LogP contribution in [0.3, 0.4) is 0 Å². The van der Waals surface area contributed by atoms with Crippen molar-refractivity contribution in [1.29, 1.82) is 0 Å². The van der Waals surface area contributed by atoms with E-state index in [-0.39, 0.29) is 0 Å². The lowest BCUT2D eigenvalue weighted by Crippen LogP contribution is -2.14. The van der Waals surface area contributed by atoms with Crippen molar-refractivity contribution in [3.05, 3.63) is 0 Å². The van der Waals surface area contributed by atoms with Crippen molar-refractivity contribution >= 4 is 11.6 Å². The van der Waals surface area contributed by atoms with E-state index in [9.17, 15) is 0 Å². The average molecular weight is 148 g/mol. The largest absolute Gasteiger partial charge is 0.317 e. The summed E-state index contributed by atoms with van der Waals surface area (Å²) in [5.74, 6) is 1.63. The zero-order chi connectivity index (χ0) is 6.53. The molecule has 54 valence electrons. The van der Waals surface area contributed by atoms with Crippen molar-refractivity contribution in [1.82, 2.24) is 5.32 Å². The first kappa shape index (κ1) is 7.36. The van der Waals surface area contributed by atoms with Crippen LogP contribution in [-0.4, -0.2) is 19.0 Å². The Bertz CT molecular complexity index is 67.3. The van der Waals surface area contributed by atoms with Crippen molar-refractivity contribution in [2.45, 2.75) is 19.3 Å². The van der Waals surface area contributed by atoms with Gasteiger partial charge in [0, 0.05) is 5.88 Å². The molecular formula is C7H14ClN. The van der Waals surface area contributed by atoms with Crippen LogP contribution < -0.4 is 5.32 Å². The summed E-state index contributed by atoms with van der Waals surface area (Å²) < 4.78 is 0. The number of alkyl halides is 1. The maximum atomic E-state index is 5.73. The highest BCUT2D eigenvalue weighted by molar-refractivity contribution is 6.18. The van der Waals surface area contributed by atoms with Gasteiger partial charge in [0.15, 0.2) is 0 Å². The van der Waals surface area contributed by atoms with Gasteiger partial charge in [-0.05, 0) is 38.3 Å². The molecule has 0 bridgehead atoms. The molecule has 9 heavy (non-hydrogen) atoms. The highest BCUT2D eigenvalue weighted by Crippen LogP contribution is 2.14. The first-order valence-corrected chi connectivity index (χ1v) is 4.23. The van der Waals surface area contributed by atoms with Crippen LogP contribution in [0.25, 0.3) is 0 Å². The van der Waals surface area contributed by atoms with Gasteiger partial charge in [0.1, 0.15) is 0 Å². The maximum absolute atomic E-state index is 5.73. The summed E-state index contributed by atoms with van der Waals surface area (Å²) in [7, 11) is 0. The van der Waals surface area contributed by atoms with Gasteiger partial charge in [-0.15, -0.1) is 11.6 Å². The van der Waals surface area contributed by atoms with E-state index in [0.29, 0.717) is 0 Å². The molecule has 1 N–H and O–H groups in total. The van der Waals surface area contributed by atoms with Crippen LogP contribution in [-0.2, 0) is 0 Å². The number of rotatable bonds is 1. The lowest BCUT2D eigenvalue weighted by Gasteiger charge is -2.06. The Balaban J connectivity index is 2.18. The second-order valence-corrected chi connectivity index (χ2v) is 3.01. The van der Waals surface area contributed by atoms with Gasteiger partial charge in [-0.2, -0.15) is 0 Å². The Labute approximate surface area is 61.8 Å². The van der Waals surface area contributed by atoms with E-state index in [4.69, 9.17) is 11.6 Å². The molecule has 0 aromatic heterocycles. The van der Waals surface area contributed by atoms with Gasteiger partial charge < -0.3 is 5.32 Å². The number of hydrogen-bond donors (Lipinski definition) is 1. The minimum absolute atomic E-state index is 0.779. The molecule has 1 fully saturated rings. The third-order valence-corrected chi connectivity index (χ3v) is 2.35. The van der Waals surface area contributed by atoms with Gasteiger partial charge in [-0.25, -0.2) is 0 Å². The van der Waals surface area contributed by atoms with E-state index in [1.807, 2.05) is 0 Å². The first-order chi connectivity index (χ1) is 4.43. The Morgan fingerprint density at radius 1 is 1.33 bits per heavy atom. The van der Waals surface area contributed by atoms with E-state index in [2.05, 4.69) is 5.32 Å². The molecular weight excluding hydrogens is 134 g/mol. The van der Waals surface area contributed by atoms with E-state index in [1.54, 1.807) is 0 Å². The molecule has 0 spiro atoms. The molecule has 0 saturated carbocycles. The van der Waals surface area contributed by atoms with Gasteiger partial charge in [-0.3, -0.25) is 0 Å². The van der Waals surface area contributed by atoms with Gasteiger partial charge >= 0.3 is 0 Å². The molecule has 0 aliphatic carbocycles. The molecule has 1 unspecified atom stereocenters. The Morgan fingerprint density at radius 3 is 3.00 bits per heavy atom. The Hall–Kier alpha value is 0.250. The maximum Gasteiger partial charge on any atom is 0.0252 e. The molecule has 1 heterocycles. The molecule has 0 aromatic rings. The summed E-state index contributed by atoms with van der Waals surface area (Å²) >= 11 is 5.73. The van der Waals surface area contributed by atoms with E-state index >= 15 is 0 Å². The predicted molar refractivity (Wildman–Crippen MR) is 40.9 cm³/mol. The minimum atomic E-state index is 0.779. The zero-order valence-electron chi connectivity index (χ0n) is 5.70. The molecule has 1 atom stereocenters. The zero-order valence-corrected chi connectivity index (χ0v) is 6.45. The van der Waals surface area contributed by atoms with Crippen LogP contribution in [0.2, 0.25) is 0 Å². The second kappa shape index (κ2) is 4.13. The molecule has 1 nitrogen and oxygen atoms in total. The average Bonchev–Trinajstić information content (AvgIpc) is 2.13. The molecule has 0 radical (unpaired) electrons. The predicted octanol–water partition coefficient (Wildman–Crippen LogP) is 1.61. The Kier molecular flexibility index (Phi) is 3.37. The summed E-state index contributed by atoms with van der Waals surface area (Å²) in [6.45, 7) is 2.35. The van der Waals surface area contributed by atoms with E-state index < -0.39 is 0 Å². The van der Waals surface area contributed by atoms with Gasteiger partial charge in [-0.1, -0.05) is 0 Å². The fourth-order valence-electron chi connectivity index (χ4n) is 1.25. The Morgan fingerprint density at radius 2 is 2.22 bits per heavy atom. The molecule has 1 saturated heterocycles. The van der Waals surface area contributed by atoms with Crippen LogP contribution in [0, 0.1) is 5.92 Å². The lowest BCUT2D eigenvalue weighted by molar-refractivity contribution is 0.525. The molecule has 1 aliphatic rings. The number of halogens is 1. The van der Waals surface area contributed by atoms with Crippen molar-refractivity contribution in [3.8, 4) is 0 Å². The lowest BCUT2D eigenvalue weighted by atomic mass is 10.0. The highest BCUT2D eigenvalue weighted by Gasteiger charge is 2.09. The first-order valence-electron chi connectivity index (χ1n) is 3.70. The quantitative estimate of drug-likeness (QED) is 0.556. The molecule has 1 aliphatic heterocycles. The summed E-state index contributed by atoms with van der Waals surface area (Å²) in [6.07, 6.45) is 3.89. The molecule has 0 aromatic carbocycles. The summed E-state index contributed by atoms with van der Waals surface area (Å²) in [5.41, 5.74) is 0. The normalized spacial score (nSPS) is 29.7. The second-order valence-electron chi connectivity index (χ2n) is 2.70. The fourth-order valence-corrected chi connectivity index (χ4v) is 1.55. The van der Waals surface area contributed by atoms with Gasteiger partial charge in [0.25, 0.3) is 0 Å². The fraction of sp³-hybridized carbons (Fsp3) is 1.00. The smallest absolute Gasteiger partial charge is 0.0252 e. The highest BCUT2D eigenvalue weighted by atomic mass is 35.5. The monoisotopic (exact) mass is 147 g/mol. The van der Waals surface area contributed by atoms with Crippen LogP contribution in [0.15, 0.2) is 0 Å². The topological polar surface area (TPSA) is 12.0 Å². The van der Waals surface area contributed by atoms with Crippen LogP contribution in [0.5, 0.6) is 0 Å². The van der Waals surface area contributed by atoms with Crippen LogP contribution >= 0.6 is 11.6 Å². The minimum Gasteiger partial charge on any atom is -0.317 e. The summed E-state index contributed by atoms with van der Waals surface area (Å²) in [4.78, 5) is 0. The molecule has 0 amide bonds. The van der Waals surface area contributed by atoms with E-state index in [1.165, 1.54) is 25.8 Å². The van der Waals surface area contributed by atoms with Gasteiger partial charge in [0.2, 0.25) is 0 Å². The number of hydrogen-bond acceptors (Lipinski definition) is 1. The van der Waals surface area contributed by atoms with Crippen molar-refractivity contribution < 1.29 is 0 Å². The van der Waals surface area contributed by atoms with Gasteiger partial charge in [0.05, 0.1) is 0 Å². The van der Waals surface area contributed by atoms with Crippen molar-refractivity contribution in [2.75, 3.05) is 19.0 Å². The van der Waals surface area contributed by atoms with Crippen molar-refractivity contribution in [2.24, 2.45) is 5.92 Å². The van der Waals surface area contributed by atoms with Crippen LogP contribution in [0.4, 0.5) is 0 Å².